The molecule has 0 saturated heterocycles. The lowest BCUT2D eigenvalue weighted by Gasteiger charge is -2.17. The minimum absolute atomic E-state index is 0.554. The van der Waals surface area contributed by atoms with Crippen molar-refractivity contribution in [2.75, 3.05) is 0 Å². The van der Waals surface area contributed by atoms with Crippen molar-refractivity contribution >= 4 is 97.6 Å². The molecule has 0 amide bonds. The van der Waals surface area contributed by atoms with Crippen LogP contribution in [0.4, 0.5) is 0 Å². The Morgan fingerprint density at radius 2 is 0.750 bits per heavy atom. The lowest BCUT2D eigenvalue weighted by atomic mass is 9.96. The normalized spacial score (nSPS) is 12.1. The first-order valence-corrected chi connectivity index (χ1v) is 21.7. The Morgan fingerprint density at radius 3 is 1.38 bits per heavy atom. The zero-order valence-electron chi connectivity index (χ0n) is 34.3. The largest absolute Gasteiger partial charge is 0.456 e. The highest BCUT2D eigenvalue weighted by Gasteiger charge is 2.24. The number of hydrogen-bond donors (Lipinski definition) is 0. The molecule has 0 radical (unpaired) electrons. The number of rotatable bonds is 4. The molecular weight excluding hydrogens is 781 g/mol. The second-order valence-electron chi connectivity index (χ2n) is 16.7. The van der Waals surface area contributed by atoms with Gasteiger partial charge in [-0.3, -0.25) is 0 Å². The average Bonchev–Trinajstić information content (AvgIpc) is 3.89. The summed E-state index contributed by atoms with van der Waals surface area (Å²) in [6, 6.07) is 73.4. The number of para-hydroxylation sites is 2. The maximum atomic E-state index is 6.68. The number of nitrogens with zero attached hydrogens (tertiary/aromatic N) is 4. The van der Waals surface area contributed by atoms with E-state index in [2.05, 4.69) is 199 Å². The van der Waals surface area contributed by atoms with E-state index in [4.69, 9.17) is 19.4 Å². The summed E-state index contributed by atoms with van der Waals surface area (Å²) in [5.74, 6) is 1.75. The first-order valence-electron chi connectivity index (χ1n) is 21.7. The molecule has 0 N–H and O–H groups in total. The second kappa shape index (κ2) is 13.4. The van der Waals surface area contributed by atoms with Crippen molar-refractivity contribution in [3.05, 3.63) is 206 Å². The van der Waals surface area contributed by atoms with Crippen LogP contribution in [0.5, 0.6) is 0 Å². The summed E-state index contributed by atoms with van der Waals surface area (Å²) in [6.45, 7) is 0. The summed E-state index contributed by atoms with van der Waals surface area (Å²) in [5.41, 5.74) is 7.47. The molecule has 0 saturated carbocycles. The molecule has 5 heteroatoms. The van der Waals surface area contributed by atoms with E-state index in [9.17, 15) is 0 Å². The smallest absolute Gasteiger partial charge is 0.166 e. The standard InChI is InChI=1S/C59H34N4O/c1-2-16-36-32-53-47(29-35(36)15-1)45-25-11-13-27-52(45)63(53)54-33-48-46-26-12-14-28-55(46)64-56(48)34-51(54)59-61-57(49-30-37-17-3-5-19-39(37)41-21-7-9-23-43(41)49)60-58(62-59)50-31-38-18-4-6-20-40(38)42-22-8-10-24-44(42)50/h1-34H. The molecule has 64 heavy (non-hydrogen) atoms. The summed E-state index contributed by atoms with van der Waals surface area (Å²) in [7, 11) is 0. The summed E-state index contributed by atoms with van der Waals surface area (Å²) >= 11 is 0. The van der Waals surface area contributed by atoms with Crippen molar-refractivity contribution in [2.24, 2.45) is 0 Å². The second-order valence-corrected chi connectivity index (χ2v) is 16.7. The van der Waals surface area contributed by atoms with Crippen molar-refractivity contribution in [1.29, 1.82) is 0 Å². The number of fused-ring (bicyclic) bond motifs is 13. The molecule has 3 heterocycles. The van der Waals surface area contributed by atoms with E-state index >= 15 is 0 Å². The Kier molecular flexibility index (Phi) is 7.33. The molecular formula is C59H34N4O. The number of aromatic nitrogens is 4. The zero-order chi connectivity index (χ0) is 41.9. The maximum absolute atomic E-state index is 6.68. The van der Waals surface area contributed by atoms with Gasteiger partial charge in [0.1, 0.15) is 11.2 Å². The van der Waals surface area contributed by atoms with Crippen LogP contribution in [0, 0.1) is 0 Å². The van der Waals surface area contributed by atoms with E-state index in [-0.39, 0.29) is 0 Å². The third kappa shape index (κ3) is 5.15. The monoisotopic (exact) mass is 814 g/mol. The van der Waals surface area contributed by atoms with Gasteiger partial charge in [-0.15, -0.1) is 0 Å². The zero-order valence-corrected chi connectivity index (χ0v) is 34.3. The van der Waals surface area contributed by atoms with Crippen LogP contribution < -0.4 is 0 Å². The van der Waals surface area contributed by atoms with Gasteiger partial charge in [-0.1, -0.05) is 158 Å². The number of benzene rings is 11. The average molecular weight is 815 g/mol. The van der Waals surface area contributed by atoms with Gasteiger partial charge in [0, 0.05) is 38.2 Å². The van der Waals surface area contributed by atoms with Crippen molar-refractivity contribution < 1.29 is 4.42 Å². The topological polar surface area (TPSA) is 56.7 Å². The highest BCUT2D eigenvalue weighted by atomic mass is 16.3. The van der Waals surface area contributed by atoms with Gasteiger partial charge in [0.15, 0.2) is 17.5 Å². The molecule has 296 valence electrons. The molecule has 0 aliphatic rings. The van der Waals surface area contributed by atoms with Crippen LogP contribution in [0.1, 0.15) is 0 Å². The van der Waals surface area contributed by atoms with Gasteiger partial charge in [0.25, 0.3) is 0 Å². The molecule has 0 bridgehead atoms. The first kappa shape index (κ1) is 35.0. The van der Waals surface area contributed by atoms with Crippen molar-refractivity contribution in [2.45, 2.75) is 0 Å². The van der Waals surface area contributed by atoms with Gasteiger partial charge in [-0.2, -0.15) is 0 Å². The summed E-state index contributed by atoms with van der Waals surface area (Å²) in [6.07, 6.45) is 0. The molecule has 0 fully saturated rings. The number of furan rings is 1. The third-order valence-corrected chi connectivity index (χ3v) is 13.2. The molecule has 11 aromatic carbocycles. The molecule has 0 spiro atoms. The maximum Gasteiger partial charge on any atom is 0.166 e. The number of hydrogen-bond acceptors (Lipinski definition) is 4. The lowest BCUT2D eigenvalue weighted by Crippen LogP contribution is -2.04. The van der Waals surface area contributed by atoms with Crippen molar-refractivity contribution in [3.63, 3.8) is 0 Å². The van der Waals surface area contributed by atoms with Crippen LogP contribution >= 0.6 is 0 Å². The van der Waals surface area contributed by atoms with Gasteiger partial charge in [-0.05, 0) is 102 Å². The van der Waals surface area contributed by atoms with E-state index in [1.165, 1.54) is 32.3 Å². The molecule has 0 atom stereocenters. The minimum atomic E-state index is 0.554. The van der Waals surface area contributed by atoms with E-state index < -0.39 is 0 Å². The van der Waals surface area contributed by atoms with E-state index in [0.717, 1.165) is 87.7 Å². The molecule has 0 aliphatic heterocycles. The molecule has 5 nitrogen and oxygen atoms in total. The highest BCUT2D eigenvalue weighted by Crippen LogP contribution is 2.43. The highest BCUT2D eigenvalue weighted by molar-refractivity contribution is 6.17. The summed E-state index contributed by atoms with van der Waals surface area (Å²) in [4.78, 5) is 16.6. The van der Waals surface area contributed by atoms with Crippen LogP contribution in [0.15, 0.2) is 211 Å². The van der Waals surface area contributed by atoms with Crippen molar-refractivity contribution in [3.8, 4) is 39.9 Å². The Morgan fingerprint density at radius 1 is 0.281 bits per heavy atom. The molecule has 14 rings (SSSR count). The van der Waals surface area contributed by atoms with E-state index in [1.807, 2.05) is 12.1 Å². The van der Waals surface area contributed by atoms with Crippen molar-refractivity contribution in [1.82, 2.24) is 19.5 Å². The molecule has 3 aromatic heterocycles. The van der Waals surface area contributed by atoms with Gasteiger partial charge in [0.2, 0.25) is 0 Å². The molecule has 0 aliphatic carbocycles. The van der Waals surface area contributed by atoms with Gasteiger partial charge < -0.3 is 8.98 Å². The fourth-order valence-corrected chi connectivity index (χ4v) is 10.3. The predicted molar refractivity (Wildman–Crippen MR) is 265 cm³/mol. The van der Waals surface area contributed by atoms with Crippen LogP contribution in [0.3, 0.4) is 0 Å². The Balaban J connectivity index is 1.14. The van der Waals surface area contributed by atoms with Crippen LogP contribution in [0.25, 0.3) is 137 Å². The Hall–Kier alpha value is -8.67. The van der Waals surface area contributed by atoms with Gasteiger partial charge >= 0.3 is 0 Å². The quantitative estimate of drug-likeness (QED) is 0.166. The minimum Gasteiger partial charge on any atom is -0.456 e. The predicted octanol–water partition coefficient (Wildman–Crippen LogP) is 15.6. The molecule has 14 aromatic rings. The van der Waals surface area contributed by atoms with E-state index in [1.54, 1.807) is 0 Å². The van der Waals surface area contributed by atoms with Crippen LogP contribution in [-0.4, -0.2) is 19.5 Å². The van der Waals surface area contributed by atoms with Gasteiger partial charge in [-0.25, -0.2) is 15.0 Å². The molecule has 0 unspecified atom stereocenters. The fraction of sp³-hybridized carbons (Fsp3) is 0. The van der Waals surface area contributed by atoms with E-state index in [0.29, 0.717) is 17.5 Å². The van der Waals surface area contributed by atoms with Gasteiger partial charge in [0.05, 0.1) is 16.7 Å². The Bertz CT molecular complexity index is 4140. The summed E-state index contributed by atoms with van der Waals surface area (Å²) in [5, 5.41) is 15.9. The summed E-state index contributed by atoms with van der Waals surface area (Å²) < 4.78 is 9.08. The lowest BCUT2D eigenvalue weighted by molar-refractivity contribution is 0.669. The van der Waals surface area contributed by atoms with Crippen LogP contribution in [-0.2, 0) is 0 Å². The SMILES string of the molecule is c1ccc2cc3c(cc2c1)c1ccccc1n3-c1cc2c(cc1-c1nc(-c3cc4ccccc4c4ccccc34)nc(-c3cc4ccccc4c4ccccc34)n1)oc1ccccc12. The Labute approximate surface area is 366 Å². The third-order valence-electron chi connectivity index (χ3n) is 13.2. The fourth-order valence-electron chi connectivity index (χ4n) is 10.3. The first-order chi connectivity index (χ1) is 31.7. The van der Waals surface area contributed by atoms with Crippen LogP contribution in [0.2, 0.25) is 0 Å².